The summed E-state index contributed by atoms with van der Waals surface area (Å²) in [4.78, 5) is 10.7. The van der Waals surface area contributed by atoms with Crippen molar-refractivity contribution in [3.63, 3.8) is 0 Å². The number of guanidine groups is 2. The molecular weight excluding hydrogens is 226 g/mol. The van der Waals surface area contributed by atoms with Crippen LogP contribution in [0.25, 0.3) is 0 Å². The van der Waals surface area contributed by atoms with E-state index in [1.54, 1.807) is 7.05 Å². The molecule has 5 nitrogen and oxygen atoms in total. The van der Waals surface area contributed by atoms with E-state index >= 15 is 0 Å². The first-order valence-electron chi connectivity index (χ1n) is 5.92. The zero-order chi connectivity index (χ0) is 13.1. The topological polar surface area (TPSA) is 52.0 Å². The zero-order valence-corrected chi connectivity index (χ0v) is 11.2. The van der Waals surface area contributed by atoms with Crippen molar-refractivity contribution in [2.75, 3.05) is 21.1 Å². The van der Waals surface area contributed by atoms with Crippen LogP contribution in [0.2, 0.25) is 0 Å². The lowest BCUT2D eigenvalue weighted by atomic mass is 10.1. The first kappa shape index (κ1) is 12.4. The molecule has 5 heteroatoms. The van der Waals surface area contributed by atoms with E-state index in [1.165, 1.54) is 5.56 Å². The average molecular weight is 245 g/mol. The van der Waals surface area contributed by atoms with E-state index in [2.05, 4.69) is 51.8 Å². The van der Waals surface area contributed by atoms with E-state index in [0.717, 1.165) is 17.5 Å². The number of nitrogens with one attached hydrogen (secondary N) is 2. The summed E-state index contributed by atoms with van der Waals surface area (Å²) in [5.41, 5.74) is 2.37. The minimum absolute atomic E-state index is 0.0945. The number of nitrogens with zero attached hydrogens (tertiary/aromatic N) is 3. The van der Waals surface area contributed by atoms with Gasteiger partial charge >= 0.3 is 0 Å². The summed E-state index contributed by atoms with van der Waals surface area (Å²) in [7, 11) is 5.66. The highest BCUT2D eigenvalue weighted by atomic mass is 15.4. The van der Waals surface area contributed by atoms with Crippen LogP contribution in [0, 0.1) is 6.92 Å². The summed E-state index contributed by atoms with van der Waals surface area (Å²) in [6.07, 6.45) is -0.0945. The van der Waals surface area contributed by atoms with Gasteiger partial charge in [-0.3, -0.25) is 10.3 Å². The molecule has 0 saturated heterocycles. The molecule has 1 atom stereocenters. The maximum Gasteiger partial charge on any atom is 0.202 e. The Balaban J connectivity index is 2.31. The SMILES string of the molecule is CN=C1NC(N(C)C)=NC(c2ccc(C)cc2)N1. The lowest BCUT2D eigenvalue weighted by Crippen LogP contribution is -2.51. The van der Waals surface area contributed by atoms with E-state index < -0.39 is 0 Å². The summed E-state index contributed by atoms with van der Waals surface area (Å²) in [6.45, 7) is 2.08. The third-order valence-electron chi connectivity index (χ3n) is 2.80. The van der Waals surface area contributed by atoms with Crippen molar-refractivity contribution in [1.29, 1.82) is 0 Å². The first-order valence-corrected chi connectivity index (χ1v) is 5.92. The summed E-state index contributed by atoms with van der Waals surface area (Å²) >= 11 is 0. The van der Waals surface area contributed by atoms with Crippen LogP contribution < -0.4 is 10.6 Å². The summed E-state index contributed by atoms with van der Waals surface area (Å²) in [5.74, 6) is 1.54. The molecule has 0 saturated carbocycles. The number of hydrogen-bond acceptors (Lipinski definition) is 3. The van der Waals surface area contributed by atoms with Crippen LogP contribution in [-0.2, 0) is 0 Å². The van der Waals surface area contributed by atoms with Gasteiger partial charge in [-0.25, -0.2) is 4.99 Å². The molecule has 0 amide bonds. The lowest BCUT2D eigenvalue weighted by Gasteiger charge is -2.28. The number of aliphatic imine (C=N–C) groups is 2. The highest BCUT2D eigenvalue weighted by Crippen LogP contribution is 2.17. The van der Waals surface area contributed by atoms with Crippen LogP contribution in [0.3, 0.4) is 0 Å². The fraction of sp³-hybridized carbons (Fsp3) is 0.385. The molecule has 1 heterocycles. The van der Waals surface area contributed by atoms with Crippen molar-refractivity contribution in [2.24, 2.45) is 9.98 Å². The van der Waals surface area contributed by atoms with E-state index in [0.29, 0.717) is 0 Å². The van der Waals surface area contributed by atoms with Crippen LogP contribution in [0.1, 0.15) is 17.3 Å². The van der Waals surface area contributed by atoms with Crippen LogP contribution >= 0.6 is 0 Å². The summed E-state index contributed by atoms with van der Waals surface area (Å²) < 4.78 is 0. The molecule has 2 N–H and O–H groups in total. The van der Waals surface area contributed by atoms with Gasteiger partial charge in [-0.15, -0.1) is 0 Å². The van der Waals surface area contributed by atoms with Gasteiger partial charge in [-0.2, -0.15) is 0 Å². The van der Waals surface area contributed by atoms with Crippen LogP contribution in [0.5, 0.6) is 0 Å². The Morgan fingerprint density at radius 1 is 1.22 bits per heavy atom. The second kappa shape index (κ2) is 5.08. The normalized spacial score (nSPS) is 21.0. The van der Waals surface area contributed by atoms with E-state index in [1.807, 2.05) is 19.0 Å². The Labute approximate surface area is 108 Å². The van der Waals surface area contributed by atoms with E-state index in [-0.39, 0.29) is 6.17 Å². The van der Waals surface area contributed by atoms with E-state index in [4.69, 9.17) is 0 Å². The number of rotatable bonds is 1. The number of hydrogen-bond donors (Lipinski definition) is 2. The van der Waals surface area contributed by atoms with Gasteiger partial charge in [-0.05, 0) is 12.5 Å². The van der Waals surface area contributed by atoms with Crippen molar-refractivity contribution in [3.05, 3.63) is 35.4 Å². The monoisotopic (exact) mass is 245 g/mol. The van der Waals surface area contributed by atoms with Crippen molar-refractivity contribution in [1.82, 2.24) is 15.5 Å². The van der Waals surface area contributed by atoms with Gasteiger partial charge in [0.15, 0.2) is 12.1 Å². The van der Waals surface area contributed by atoms with Crippen molar-refractivity contribution in [3.8, 4) is 0 Å². The quantitative estimate of drug-likeness (QED) is 0.778. The minimum atomic E-state index is -0.0945. The molecule has 0 bridgehead atoms. The fourth-order valence-electron chi connectivity index (χ4n) is 1.71. The third kappa shape index (κ3) is 2.61. The van der Waals surface area contributed by atoms with Gasteiger partial charge in [0, 0.05) is 21.1 Å². The molecule has 2 rings (SSSR count). The zero-order valence-electron chi connectivity index (χ0n) is 11.2. The second-order valence-electron chi connectivity index (χ2n) is 4.50. The molecule has 1 aromatic rings. The summed E-state index contributed by atoms with van der Waals surface area (Å²) in [6, 6.07) is 8.35. The second-order valence-corrected chi connectivity index (χ2v) is 4.50. The first-order chi connectivity index (χ1) is 8.60. The molecule has 0 spiro atoms. The Hall–Kier alpha value is -2.04. The molecule has 1 aliphatic heterocycles. The molecule has 0 fully saturated rings. The Kier molecular flexibility index (Phi) is 3.50. The van der Waals surface area contributed by atoms with Crippen LogP contribution in [0.4, 0.5) is 0 Å². The molecule has 0 radical (unpaired) electrons. The van der Waals surface area contributed by atoms with E-state index in [9.17, 15) is 0 Å². The molecule has 0 aliphatic carbocycles. The standard InChI is InChI=1S/C13H19N5/c1-9-5-7-10(8-6-9)11-15-12(14-2)17-13(16-11)18(3)4/h5-8,11H,1-4H3,(H2,14,15,16,17). The van der Waals surface area contributed by atoms with Crippen LogP contribution in [-0.4, -0.2) is 38.0 Å². The maximum absolute atomic E-state index is 4.62. The van der Waals surface area contributed by atoms with Gasteiger partial charge in [0.1, 0.15) is 0 Å². The van der Waals surface area contributed by atoms with Crippen molar-refractivity contribution < 1.29 is 0 Å². The molecule has 0 aromatic heterocycles. The van der Waals surface area contributed by atoms with Gasteiger partial charge in [-0.1, -0.05) is 29.8 Å². The lowest BCUT2D eigenvalue weighted by molar-refractivity contribution is 0.554. The van der Waals surface area contributed by atoms with Crippen molar-refractivity contribution in [2.45, 2.75) is 13.1 Å². The third-order valence-corrected chi connectivity index (χ3v) is 2.80. The Morgan fingerprint density at radius 2 is 1.89 bits per heavy atom. The van der Waals surface area contributed by atoms with Crippen molar-refractivity contribution >= 4 is 11.9 Å². The smallest absolute Gasteiger partial charge is 0.202 e. The van der Waals surface area contributed by atoms with Gasteiger partial charge in [0.05, 0.1) is 0 Å². The highest BCUT2D eigenvalue weighted by Gasteiger charge is 2.20. The molecule has 96 valence electrons. The molecule has 1 aliphatic rings. The Bertz CT molecular complexity index is 473. The molecule has 1 unspecified atom stereocenters. The van der Waals surface area contributed by atoms with Crippen LogP contribution in [0.15, 0.2) is 34.3 Å². The highest BCUT2D eigenvalue weighted by molar-refractivity contribution is 6.00. The average Bonchev–Trinajstić information content (AvgIpc) is 2.39. The predicted octanol–water partition coefficient (Wildman–Crippen LogP) is 1.09. The maximum atomic E-state index is 4.62. The molecule has 1 aromatic carbocycles. The number of benzene rings is 1. The van der Waals surface area contributed by atoms with Gasteiger partial charge < -0.3 is 10.2 Å². The largest absolute Gasteiger partial charge is 0.349 e. The Morgan fingerprint density at radius 3 is 2.44 bits per heavy atom. The van der Waals surface area contributed by atoms with Gasteiger partial charge in [0.2, 0.25) is 5.96 Å². The molecule has 18 heavy (non-hydrogen) atoms. The predicted molar refractivity (Wildman–Crippen MR) is 74.7 cm³/mol. The molecular formula is C13H19N5. The van der Waals surface area contributed by atoms with Gasteiger partial charge in [0.25, 0.3) is 0 Å². The minimum Gasteiger partial charge on any atom is -0.349 e. The number of aryl methyl sites for hydroxylation is 1. The summed E-state index contributed by atoms with van der Waals surface area (Å²) in [5, 5.41) is 6.38. The fourth-order valence-corrected chi connectivity index (χ4v) is 1.71.